The van der Waals surface area contributed by atoms with Crippen LogP contribution in [0.4, 0.5) is 0 Å². The number of hydrogen-bond acceptors (Lipinski definition) is 6. The van der Waals surface area contributed by atoms with E-state index in [1.165, 1.54) is 38.5 Å². The van der Waals surface area contributed by atoms with E-state index in [0.29, 0.717) is 19.3 Å². The molecular formula is C37H63O8P. The first kappa shape index (κ1) is 43.8. The molecule has 0 heterocycles. The summed E-state index contributed by atoms with van der Waals surface area (Å²) in [6, 6.07) is 0. The van der Waals surface area contributed by atoms with Crippen LogP contribution in [0.15, 0.2) is 60.8 Å². The molecule has 0 radical (unpaired) electrons. The number of carbonyl (C=O) groups is 2. The van der Waals surface area contributed by atoms with Gasteiger partial charge in [-0.15, -0.1) is 0 Å². The van der Waals surface area contributed by atoms with Gasteiger partial charge in [0.2, 0.25) is 0 Å². The Bertz CT molecular complexity index is 932. The van der Waals surface area contributed by atoms with Crippen molar-refractivity contribution in [3.05, 3.63) is 60.8 Å². The van der Waals surface area contributed by atoms with Crippen LogP contribution in [-0.4, -0.2) is 41.0 Å². The monoisotopic (exact) mass is 666 g/mol. The van der Waals surface area contributed by atoms with E-state index in [0.717, 1.165) is 57.8 Å². The summed E-state index contributed by atoms with van der Waals surface area (Å²) in [5, 5.41) is 0. The maximum atomic E-state index is 12.3. The van der Waals surface area contributed by atoms with Gasteiger partial charge in [-0.3, -0.25) is 14.1 Å². The van der Waals surface area contributed by atoms with E-state index in [2.05, 4.69) is 67.0 Å². The Morgan fingerprint density at radius 1 is 0.565 bits per heavy atom. The van der Waals surface area contributed by atoms with Crippen molar-refractivity contribution < 1.29 is 37.9 Å². The van der Waals surface area contributed by atoms with Crippen LogP contribution in [0.1, 0.15) is 142 Å². The summed E-state index contributed by atoms with van der Waals surface area (Å²) in [5.41, 5.74) is 0. The van der Waals surface area contributed by atoms with Gasteiger partial charge >= 0.3 is 19.8 Å². The number of phosphoric ester groups is 1. The van der Waals surface area contributed by atoms with Crippen molar-refractivity contribution in [3.63, 3.8) is 0 Å². The molecule has 0 fully saturated rings. The number of unbranched alkanes of at least 4 members (excludes halogenated alkanes) is 11. The van der Waals surface area contributed by atoms with Crippen LogP contribution in [0.2, 0.25) is 0 Å². The van der Waals surface area contributed by atoms with Crippen LogP contribution in [0.25, 0.3) is 0 Å². The zero-order chi connectivity index (χ0) is 34.0. The Morgan fingerprint density at radius 3 is 1.61 bits per heavy atom. The third-order valence-electron chi connectivity index (χ3n) is 7.01. The summed E-state index contributed by atoms with van der Waals surface area (Å²) in [5.74, 6) is -0.969. The molecular weight excluding hydrogens is 603 g/mol. The van der Waals surface area contributed by atoms with Gasteiger partial charge in [0.1, 0.15) is 6.61 Å². The van der Waals surface area contributed by atoms with Gasteiger partial charge in [0.15, 0.2) is 6.10 Å². The lowest BCUT2D eigenvalue weighted by molar-refractivity contribution is -0.161. The second kappa shape index (κ2) is 32.7. The van der Waals surface area contributed by atoms with Crippen molar-refractivity contribution in [2.45, 2.75) is 148 Å². The zero-order valence-corrected chi connectivity index (χ0v) is 29.6. The van der Waals surface area contributed by atoms with Gasteiger partial charge in [0.25, 0.3) is 0 Å². The molecule has 0 bridgehead atoms. The fourth-order valence-electron chi connectivity index (χ4n) is 4.34. The summed E-state index contributed by atoms with van der Waals surface area (Å²) < 4.78 is 26.2. The Kier molecular flexibility index (Phi) is 31.1. The predicted octanol–water partition coefficient (Wildman–Crippen LogP) is 10.2. The molecule has 46 heavy (non-hydrogen) atoms. The van der Waals surface area contributed by atoms with Gasteiger partial charge in [-0.25, -0.2) is 4.57 Å². The SMILES string of the molecule is CCCC/C=C\CCCCCCCC(=O)OC[C@H](COP(=O)(O)O)OC(=O)CCC/C=C\C/C=C\C/C=C\C/C=C\CCCCC. The Balaban J connectivity index is 4.14. The van der Waals surface area contributed by atoms with Crippen LogP contribution in [0.5, 0.6) is 0 Å². The maximum Gasteiger partial charge on any atom is 0.469 e. The van der Waals surface area contributed by atoms with Crippen molar-refractivity contribution in [2.24, 2.45) is 0 Å². The second-order valence-corrected chi connectivity index (χ2v) is 12.7. The van der Waals surface area contributed by atoms with Crippen molar-refractivity contribution in [2.75, 3.05) is 13.2 Å². The number of allylic oxidation sites excluding steroid dienone is 10. The quantitative estimate of drug-likeness (QED) is 0.0325. The van der Waals surface area contributed by atoms with Gasteiger partial charge < -0.3 is 19.3 Å². The predicted molar refractivity (Wildman–Crippen MR) is 188 cm³/mol. The van der Waals surface area contributed by atoms with Crippen molar-refractivity contribution in [1.82, 2.24) is 0 Å². The molecule has 0 unspecified atom stereocenters. The second-order valence-electron chi connectivity index (χ2n) is 11.5. The van der Waals surface area contributed by atoms with E-state index >= 15 is 0 Å². The Labute approximate surface area is 279 Å². The number of phosphoric acid groups is 1. The number of ether oxygens (including phenoxy) is 2. The first-order chi connectivity index (χ1) is 22.3. The van der Waals surface area contributed by atoms with Crippen molar-refractivity contribution in [1.29, 1.82) is 0 Å². The normalized spacial score (nSPS) is 13.2. The summed E-state index contributed by atoms with van der Waals surface area (Å²) in [6.07, 6.45) is 39.5. The molecule has 0 spiro atoms. The molecule has 0 saturated heterocycles. The molecule has 0 aromatic carbocycles. The Hall–Kier alpha value is -2.25. The molecule has 0 saturated carbocycles. The summed E-state index contributed by atoms with van der Waals surface area (Å²) in [6.45, 7) is 3.53. The fraction of sp³-hybridized carbons (Fsp3) is 0.676. The van der Waals surface area contributed by atoms with E-state index < -0.39 is 32.5 Å². The lowest BCUT2D eigenvalue weighted by Crippen LogP contribution is -2.29. The first-order valence-corrected chi connectivity index (χ1v) is 19.1. The van der Waals surface area contributed by atoms with Crippen LogP contribution in [0, 0.1) is 0 Å². The average Bonchev–Trinajstić information content (AvgIpc) is 3.02. The first-order valence-electron chi connectivity index (χ1n) is 17.6. The molecule has 2 N–H and O–H groups in total. The smallest absolute Gasteiger partial charge is 0.462 e. The van der Waals surface area contributed by atoms with E-state index in [-0.39, 0.29) is 19.4 Å². The zero-order valence-electron chi connectivity index (χ0n) is 28.7. The highest BCUT2D eigenvalue weighted by Gasteiger charge is 2.22. The highest BCUT2D eigenvalue weighted by molar-refractivity contribution is 7.46. The van der Waals surface area contributed by atoms with Crippen molar-refractivity contribution in [3.8, 4) is 0 Å². The number of rotatable bonds is 31. The standard InChI is InChI=1S/C37H63O8P/c1-3-5-7-9-11-13-15-16-17-18-19-20-22-24-26-28-30-32-37(39)45-35(34-44-46(40,41)42)33-43-36(38)31-29-27-25-23-21-14-12-10-8-6-4-2/h10-13,16-17,19-20,24,26,35H,3-9,14-15,18,21-23,25,27-34H2,1-2H3,(H2,40,41,42)/b12-10-,13-11-,17-16-,20-19-,26-24-/t35-/m1/s1. The third kappa shape index (κ3) is 34.6. The fourth-order valence-corrected chi connectivity index (χ4v) is 4.70. The van der Waals surface area contributed by atoms with Gasteiger partial charge in [-0.2, -0.15) is 0 Å². The topological polar surface area (TPSA) is 119 Å². The minimum absolute atomic E-state index is 0.132. The molecule has 8 nitrogen and oxygen atoms in total. The molecule has 0 aliphatic rings. The van der Waals surface area contributed by atoms with Crippen LogP contribution in [0.3, 0.4) is 0 Å². The van der Waals surface area contributed by atoms with Crippen molar-refractivity contribution >= 4 is 19.8 Å². The summed E-state index contributed by atoms with van der Waals surface area (Å²) >= 11 is 0. The summed E-state index contributed by atoms with van der Waals surface area (Å²) in [4.78, 5) is 42.5. The maximum absolute atomic E-state index is 12.3. The highest BCUT2D eigenvalue weighted by atomic mass is 31.2. The molecule has 0 aliphatic carbocycles. The van der Waals surface area contributed by atoms with E-state index in [1.807, 2.05) is 12.2 Å². The molecule has 0 rings (SSSR count). The molecule has 0 aliphatic heterocycles. The molecule has 1 atom stereocenters. The number of hydrogen-bond donors (Lipinski definition) is 2. The minimum Gasteiger partial charge on any atom is -0.462 e. The minimum atomic E-state index is -4.76. The lowest BCUT2D eigenvalue weighted by Gasteiger charge is -2.18. The molecule has 9 heteroatoms. The molecule has 0 amide bonds. The third-order valence-corrected chi connectivity index (χ3v) is 7.49. The van der Waals surface area contributed by atoms with Crippen LogP contribution < -0.4 is 0 Å². The Morgan fingerprint density at radius 2 is 1.02 bits per heavy atom. The lowest BCUT2D eigenvalue weighted by atomic mass is 10.1. The van der Waals surface area contributed by atoms with Gasteiger partial charge in [0.05, 0.1) is 6.61 Å². The highest BCUT2D eigenvalue weighted by Crippen LogP contribution is 2.35. The van der Waals surface area contributed by atoms with Gasteiger partial charge in [0, 0.05) is 12.8 Å². The molecule has 0 aromatic heterocycles. The average molecular weight is 667 g/mol. The largest absolute Gasteiger partial charge is 0.469 e. The number of carbonyl (C=O) groups excluding carboxylic acids is 2. The van der Waals surface area contributed by atoms with Gasteiger partial charge in [-0.05, 0) is 70.6 Å². The van der Waals surface area contributed by atoms with E-state index in [4.69, 9.17) is 19.3 Å². The van der Waals surface area contributed by atoms with Gasteiger partial charge in [-0.1, -0.05) is 120 Å². The molecule has 264 valence electrons. The van der Waals surface area contributed by atoms with E-state index in [9.17, 15) is 14.2 Å². The van der Waals surface area contributed by atoms with E-state index in [1.54, 1.807) is 0 Å². The van der Waals surface area contributed by atoms with Crippen LogP contribution in [-0.2, 0) is 28.2 Å². The molecule has 0 aromatic rings. The number of esters is 2. The summed E-state index contributed by atoms with van der Waals surface area (Å²) in [7, 11) is -4.76. The van der Waals surface area contributed by atoms with Crippen LogP contribution >= 0.6 is 7.82 Å².